The lowest BCUT2D eigenvalue weighted by atomic mass is 9.78. The highest BCUT2D eigenvalue weighted by molar-refractivity contribution is 5.82. The van der Waals surface area contributed by atoms with Crippen molar-refractivity contribution in [3.8, 4) is 22.3 Å². The summed E-state index contributed by atoms with van der Waals surface area (Å²) in [6, 6.07) is 30.5. The SMILES string of the molecule is Cc1cccc2c1C(O)(CCC1(O)c3ccccc3-c3ccccc31)c1ccccc1-2. The van der Waals surface area contributed by atoms with E-state index in [9.17, 15) is 10.2 Å². The molecular weight excluding hydrogens is 380 g/mol. The third-order valence-corrected chi connectivity index (χ3v) is 7.23. The summed E-state index contributed by atoms with van der Waals surface area (Å²) in [6.07, 6.45) is 0.862. The van der Waals surface area contributed by atoms with Gasteiger partial charge in [-0.05, 0) is 69.8 Å². The van der Waals surface area contributed by atoms with E-state index in [-0.39, 0.29) is 0 Å². The molecule has 0 saturated carbocycles. The Morgan fingerprint density at radius 3 is 1.52 bits per heavy atom. The minimum Gasteiger partial charge on any atom is -0.380 e. The molecule has 6 rings (SSSR count). The Labute approximate surface area is 182 Å². The zero-order valence-electron chi connectivity index (χ0n) is 17.5. The molecular formula is C29H24O2. The fourth-order valence-electron chi connectivity index (χ4n) is 5.85. The minimum absolute atomic E-state index is 0.430. The van der Waals surface area contributed by atoms with E-state index in [1.807, 2.05) is 60.7 Å². The maximum atomic E-state index is 12.1. The molecule has 2 aliphatic carbocycles. The summed E-state index contributed by atoms with van der Waals surface area (Å²) in [7, 11) is 0. The van der Waals surface area contributed by atoms with Crippen LogP contribution in [0, 0.1) is 6.92 Å². The van der Waals surface area contributed by atoms with Crippen LogP contribution in [-0.4, -0.2) is 10.2 Å². The van der Waals surface area contributed by atoms with Crippen LogP contribution in [0.25, 0.3) is 22.3 Å². The average molecular weight is 405 g/mol. The predicted molar refractivity (Wildman–Crippen MR) is 124 cm³/mol. The van der Waals surface area contributed by atoms with Crippen molar-refractivity contribution in [2.45, 2.75) is 31.0 Å². The van der Waals surface area contributed by atoms with Crippen LogP contribution in [0.2, 0.25) is 0 Å². The van der Waals surface area contributed by atoms with Gasteiger partial charge in [0.15, 0.2) is 0 Å². The van der Waals surface area contributed by atoms with Gasteiger partial charge in [0, 0.05) is 0 Å². The van der Waals surface area contributed by atoms with Crippen molar-refractivity contribution in [3.63, 3.8) is 0 Å². The first-order valence-corrected chi connectivity index (χ1v) is 10.9. The highest BCUT2D eigenvalue weighted by Crippen LogP contribution is 2.55. The molecule has 0 spiro atoms. The van der Waals surface area contributed by atoms with Gasteiger partial charge in [-0.2, -0.15) is 0 Å². The first-order valence-electron chi connectivity index (χ1n) is 10.9. The van der Waals surface area contributed by atoms with Crippen LogP contribution >= 0.6 is 0 Å². The average Bonchev–Trinajstić information content (AvgIpc) is 3.22. The second kappa shape index (κ2) is 6.40. The van der Waals surface area contributed by atoms with Crippen molar-refractivity contribution in [3.05, 3.63) is 119 Å². The third kappa shape index (κ3) is 2.40. The highest BCUT2D eigenvalue weighted by Gasteiger charge is 2.47. The van der Waals surface area contributed by atoms with E-state index in [2.05, 4.69) is 37.3 Å². The standard InChI is InChI=1S/C29H24O2/c1-19-9-8-13-23-22-12-4-7-16-26(22)29(31,27(19)23)18-17-28(30)24-14-5-2-10-20(24)21-11-3-6-15-25(21)28/h2-16,30-31H,17-18H2,1H3. The normalized spacial score (nSPS) is 19.5. The second-order valence-corrected chi connectivity index (χ2v) is 8.85. The van der Waals surface area contributed by atoms with Crippen LogP contribution in [-0.2, 0) is 11.2 Å². The number of benzene rings is 4. The smallest absolute Gasteiger partial charge is 0.116 e. The van der Waals surface area contributed by atoms with Crippen molar-refractivity contribution in [1.82, 2.24) is 0 Å². The number of hydrogen-bond donors (Lipinski definition) is 2. The quantitative estimate of drug-likeness (QED) is 0.446. The lowest BCUT2D eigenvalue weighted by Crippen LogP contribution is -2.32. The largest absolute Gasteiger partial charge is 0.380 e. The molecule has 0 bridgehead atoms. The number of hydrogen-bond acceptors (Lipinski definition) is 2. The number of aryl methyl sites for hydroxylation is 1. The molecule has 0 aromatic heterocycles. The Balaban J connectivity index is 1.48. The summed E-state index contributed by atoms with van der Waals surface area (Å²) >= 11 is 0. The molecule has 1 atom stereocenters. The van der Waals surface area contributed by atoms with Crippen LogP contribution in [0.3, 0.4) is 0 Å². The molecule has 0 aliphatic heterocycles. The Bertz CT molecular complexity index is 1290. The van der Waals surface area contributed by atoms with Crippen LogP contribution in [0.15, 0.2) is 91.0 Å². The molecule has 2 heteroatoms. The van der Waals surface area contributed by atoms with E-state index in [4.69, 9.17) is 0 Å². The summed E-state index contributed by atoms with van der Waals surface area (Å²) in [5.41, 5.74) is 6.93. The molecule has 0 amide bonds. The van der Waals surface area contributed by atoms with Crippen molar-refractivity contribution < 1.29 is 10.2 Å². The van der Waals surface area contributed by atoms with E-state index >= 15 is 0 Å². The van der Waals surface area contributed by atoms with Gasteiger partial charge in [0.2, 0.25) is 0 Å². The number of rotatable bonds is 3. The molecule has 2 aliphatic rings. The molecule has 1 unspecified atom stereocenters. The molecule has 152 valence electrons. The lowest BCUT2D eigenvalue weighted by molar-refractivity contribution is 0.0201. The predicted octanol–water partition coefficient (Wildman–Crippen LogP) is 5.91. The number of aliphatic hydroxyl groups is 2. The maximum absolute atomic E-state index is 12.1. The van der Waals surface area contributed by atoms with Crippen molar-refractivity contribution >= 4 is 0 Å². The molecule has 31 heavy (non-hydrogen) atoms. The van der Waals surface area contributed by atoms with E-state index in [0.29, 0.717) is 12.8 Å². The molecule has 2 nitrogen and oxygen atoms in total. The van der Waals surface area contributed by atoms with Gasteiger partial charge >= 0.3 is 0 Å². The molecule has 0 radical (unpaired) electrons. The molecule has 4 aromatic carbocycles. The molecule has 0 fully saturated rings. The Hall–Kier alpha value is -3.20. The number of fused-ring (bicyclic) bond motifs is 6. The van der Waals surface area contributed by atoms with Crippen LogP contribution in [0.1, 0.15) is 40.7 Å². The fourth-order valence-corrected chi connectivity index (χ4v) is 5.85. The van der Waals surface area contributed by atoms with Crippen molar-refractivity contribution in [1.29, 1.82) is 0 Å². The van der Waals surface area contributed by atoms with Gasteiger partial charge in [-0.3, -0.25) is 0 Å². The van der Waals surface area contributed by atoms with E-state index < -0.39 is 11.2 Å². The fraction of sp³-hybridized carbons (Fsp3) is 0.172. The molecule has 0 heterocycles. The van der Waals surface area contributed by atoms with Crippen molar-refractivity contribution in [2.75, 3.05) is 0 Å². The van der Waals surface area contributed by atoms with Gasteiger partial charge in [0.25, 0.3) is 0 Å². The molecule has 2 N–H and O–H groups in total. The van der Waals surface area contributed by atoms with Gasteiger partial charge in [-0.15, -0.1) is 0 Å². The first kappa shape index (κ1) is 18.6. The second-order valence-electron chi connectivity index (χ2n) is 8.85. The van der Waals surface area contributed by atoms with Gasteiger partial charge in [-0.1, -0.05) is 91.0 Å². The molecule has 4 aromatic rings. The van der Waals surface area contributed by atoms with Gasteiger partial charge < -0.3 is 10.2 Å². The highest BCUT2D eigenvalue weighted by atomic mass is 16.3. The Morgan fingerprint density at radius 2 is 0.935 bits per heavy atom. The van der Waals surface area contributed by atoms with Gasteiger partial charge in [0.05, 0.1) is 0 Å². The Morgan fingerprint density at radius 1 is 0.516 bits per heavy atom. The summed E-state index contributed by atoms with van der Waals surface area (Å²) in [6.45, 7) is 2.06. The Kier molecular flexibility index (Phi) is 3.83. The summed E-state index contributed by atoms with van der Waals surface area (Å²) in [4.78, 5) is 0. The monoisotopic (exact) mass is 404 g/mol. The zero-order chi connectivity index (χ0) is 21.2. The first-order chi connectivity index (χ1) is 15.0. The topological polar surface area (TPSA) is 40.5 Å². The van der Waals surface area contributed by atoms with E-state index in [0.717, 1.165) is 50.1 Å². The summed E-state index contributed by atoms with van der Waals surface area (Å²) < 4.78 is 0. The molecule has 0 saturated heterocycles. The van der Waals surface area contributed by atoms with Gasteiger partial charge in [-0.25, -0.2) is 0 Å². The van der Waals surface area contributed by atoms with Crippen LogP contribution in [0.4, 0.5) is 0 Å². The summed E-state index contributed by atoms with van der Waals surface area (Å²) in [5, 5.41) is 24.2. The van der Waals surface area contributed by atoms with Crippen LogP contribution < -0.4 is 0 Å². The summed E-state index contributed by atoms with van der Waals surface area (Å²) in [5.74, 6) is 0. The van der Waals surface area contributed by atoms with E-state index in [1.54, 1.807) is 0 Å². The van der Waals surface area contributed by atoms with Crippen molar-refractivity contribution in [2.24, 2.45) is 0 Å². The zero-order valence-corrected chi connectivity index (χ0v) is 17.5. The minimum atomic E-state index is -1.13. The maximum Gasteiger partial charge on any atom is 0.116 e. The van der Waals surface area contributed by atoms with Crippen LogP contribution in [0.5, 0.6) is 0 Å². The third-order valence-electron chi connectivity index (χ3n) is 7.23. The van der Waals surface area contributed by atoms with Gasteiger partial charge in [0.1, 0.15) is 11.2 Å². The van der Waals surface area contributed by atoms with E-state index in [1.165, 1.54) is 0 Å². The lowest BCUT2D eigenvalue weighted by Gasteiger charge is -2.33.